The minimum atomic E-state index is -5.51. The van der Waals surface area contributed by atoms with Crippen LogP contribution in [0.25, 0.3) is 11.0 Å². The summed E-state index contributed by atoms with van der Waals surface area (Å²) in [5.41, 5.74) is -0.194. The summed E-state index contributed by atoms with van der Waals surface area (Å²) in [5, 5.41) is -0.0299. The third-order valence-electron chi connectivity index (χ3n) is 2.47. The second-order valence-electron chi connectivity index (χ2n) is 3.92. The van der Waals surface area contributed by atoms with E-state index in [-0.39, 0.29) is 21.1 Å². The van der Waals surface area contributed by atoms with Crippen molar-refractivity contribution in [3.05, 3.63) is 28.0 Å². The second-order valence-corrected chi connectivity index (χ2v) is 4.74. The van der Waals surface area contributed by atoms with E-state index in [4.69, 9.17) is 23.2 Å². The van der Waals surface area contributed by atoms with Gasteiger partial charge in [-0.05, 0) is 12.1 Å². The van der Waals surface area contributed by atoms with Gasteiger partial charge < -0.3 is 4.98 Å². The van der Waals surface area contributed by atoms with Crippen molar-refractivity contribution in [1.29, 1.82) is 0 Å². The molecule has 0 aliphatic carbocycles. The van der Waals surface area contributed by atoms with Gasteiger partial charge in [-0.25, -0.2) is 4.98 Å². The van der Waals surface area contributed by atoms with Crippen molar-refractivity contribution in [2.75, 3.05) is 0 Å². The number of nitrogens with zero attached hydrogens (tertiary/aromatic N) is 1. The van der Waals surface area contributed by atoms with Crippen molar-refractivity contribution >= 4 is 34.2 Å². The molecule has 0 aliphatic heterocycles. The van der Waals surface area contributed by atoms with Crippen molar-refractivity contribution in [2.45, 2.75) is 18.3 Å². The molecule has 0 spiro atoms. The molecule has 2 aromatic rings. The van der Waals surface area contributed by atoms with E-state index in [1.165, 1.54) is 0 Å². The molecule has 1 aromatic heterocycles. The van der Waals surface area contributed by atoms with Crippen molar-refractivity contribution < 1.29 is 26.3 Å². The number of hydrogen-bond donors (Lipinski definition) is 1. The number of H-pyrrole nitrogens is 1. The molecular weight excluding hydrogens is 333 g/mol. The Morgan fingerprint density at radius 2 is 1.45 bits per heavy atom. The van der Waals surface area contributed by atoms with Crippen LogP contribution in [0.4, 0.5) is 26.3 Å². The van der Waals surface area contributed by atoms with E-state index in [0.29, 0.717) is 0 Å². The number of fused-ring (bicyclic) bond motifs is 1. The number of imidazole rings is 1. The molecule has 0 fully saturated rings. The maximum Gasteiger partial charge on any atom is 0.407 e. The highest BCUT2D eigenvalue weighted by molar-refractivity contribution is 6.42. The Kier molecular flexibility index (Phi) is 3.58. The minimum absolute atomic E-state index is 0.00932. The Bertz CT molecular complexity index is 592. The number of benzene rings is 1. The minimum Gasteiger partial charge on any atom is -0.341 e. The molecule has 20 heavy (non-hydrogen) atoms. The maximum absolute atomic E-state index is 12.6. The Labute approximate surface area is 117 Å². The molecule has 0 aliphatic rings. The van der Waals surface area contributed by atoms with Crippen LogP contribution in [0.2, 0.25) is 10.0 Å². The smallest absolute Gasteiger partial charge is 0.341 e. The summed E-state index contributed by atoms with van der Waals surface area (Å²) >= 11 is 11.3. The predicted octanol–water partition coefficient (Wildman–Crippen LogP) is 5.08. The van der Waals surface area contributed by atoms with Crippen molar-refractivity contribution in [1.82, 2.24) is 9.97 Å². The van der Waals surface area contributed by atoms with Crippen LogP contribution in [0.15, 0.2) is 12.1 Å². The van der Waals surface area contributed by atoms with E-state index in [1.54, 1.807) is 0 Å². The Morgan fingerprint density at radius 1 is 0.950 bits per heavy atom. The Hall–Kier alpha value is -1.15. The van der Waals surface area contributed by atoms with E-state index in [2.05, 4.69) is 4.98 Å². The maximum atomic E-state index is 12.6. The lowest BCUT2D eigenvalue weighted by atomic mass is 10.1. The highest BCUT2D eigenvalue weighted by Crippen LogP contribution is 2.45. The summed E-state index contributed by atoms with van der Waals surface area (Å²) in [4.78, 5) is 5.29. The van der Waals surface area contributed by atoms with Gasteiger partial charge in [0, 0.05) is 0 Å². The van der Waals surface area contributed by atoms with Crippen LogP contribution in [0.5, 0.6) is 0 Å². The first-order valence-electron chi connectivity index (χ1n) is 4.98. The van der Waals surface area contributed by atoms with E-state index in [9.17, 15) is 26.3 Å². The summed E-state index contributed by atoms with van der Waals surface area (Å²) in [5.74, 6) is -4.95. The first-order chi connectivity index (χ1) is 9.00. The zero-order valence-corrected chi connectivity index (χ0v) is 10.7. The van der Waals surface area contributed by atoms with Gasteiger partial charge in [0.25, 0.3) is 0 Å². The number of aromatic amines is 1. The van der Waals surface area contributed by atoms with Gasteiger partial charge in [-0.1, -0.05) is 23.2 Å². The fraction of sp³-hybridized carbons (Fsp3) is 0.300. The van der Waals surface area contributed by atoms with Gasteiger partial charge in [0.2, 0.25) is 5.92 Å². The number of alkyl halides is 6. The molecule has 0 radical (unpaired) electrons. The number of rotatable bonds is 1. The largest absolute Gasteiger partial charge is 0.407 e. The number of nitrogens with one attached hydrogen (secondary N) is 1. The molecule has 2 rings (SSSR count). The monoisotopic (exact) mass is 336 g/mol. The molecule has 1 aromatic carbocycles. The van der Waals surface area contributed by atoms with Gasteiger partial charge in [0.15, 0.2) is 0 Å². The molecule has 0 unspecified atom stereocenters. The zero-order chi connectivity index (χ0) is 15.3. The molecule has 10 heteroatoms. The molecule has 0 amide bonds. The van der Waals surface area contributed by atoms with Gasteiger partial charge in [-0.3, -0.25) is 0 Å². The third kappa shape index (κ3) is 2.80. The molecule has 0 bridgehead atoms. The highest BCUT2D eigenvalue weighted by atomic mass is 35.5. The van der Waals surface area contributed by atoms with Gasteiger partial charge in [-0.15, -0.1) is 0 Å². The fourth-order valence-corrected chi connectivity index (χ4v) is 1.98. The summed E-state index contributed by atoms with van der Waals surface area (Å²) in [6.07, 6.45) is -11.0. The number of aromatic nitrogens is 2. The predicted molar refractivity (Wildman–Crippen MR) is 61.0 cm³/mol. The average molecular weight is 337 g/mol. The van der Waals surface area contributed by atoms with E-state index < -0.39 is 24.1 Å². The van der Waals surface area contributed by atoms with Crippen LogP contribution < -0.4 is 0 Å². The topological polar surface area (TPSA) is 28.7 Å². The number of hydrogen-bond acceptors (Lipinski definition) is 1. The summed E-state index contributed by atoms with van der Waals surface area (Å²) in [6, 6.07) is 2.20. The molecule has 0 atom stereocenters. The number of halogens is 8. The molecule has 1 heterocycles. The van der Waals surface area contributed by atoms with E-state index >= 15 is 0 Å². The summed E-state index contributed by atoms with van der Waals surface area (Å²) < 4.78 is 75.3. The van der Waals surface area contributed by atoms with Gasteiger partial charge in [0.05, 0.1) is 21.1 Å². The van der Waals surface area contributed by atoms with Gasteiger partial charge in [-0.2, -0.15) is 26.3 Å². The standard InChI is InChI=1S/C10H4Cl2F6N2/c11-3-1-5-6(2-4(3)12)20-8(19-5)7(9(13,14)15)10(16,17)18/h1-2,7H,(H,19,20). The molecule has 2 nitrogen and oxygen atoms in total. The van der Waals surface area contributed by atoms with E-state index in [1.807, 2.05) is 4.98 Å². The Balaban J connectivity index is 2.61. The van der Waals surface area contributed by atoms with Crippen LogP contribution in [0.3, 0.4) is 0 Å². The van der Waals surface area contributed by atoms with E-state index in [0.717, 1.165) is 12.1 Å². The van der Waals surface area contributed by atoms with Crippen LogP contribution in [-0.2, 0) is 0 Å². The van der Waals surface area contributed by atoms with Crippen molar-refractivity contribution in [3.63, 3.8) is 0 Å². The summed E-state index contributed by atoms with van der Waals surface area (Å²) in [6.45, 7) is 0. The van der Waals surface area contributed by atoms with Crippen LogP contribution >= 0.6 is 23.2 Å². The van der Waals surface area contributed by atoms with Crippen LogP contribution in [-0.4, -0.2) is 22.3 Å². The van der Waals surface area contributed by atoms with Gasteiger partial charge >= 0.3 is 12.4 Å². The average Bonchev–Trinajstić information content (AvgIpc) is 2.55. The van der Waals surface area contributed by atoms with Crippen LogP contribution in [0.1, 0.15) is 11.7 Å². The zero-order valence-electron chi connectivity index (χ0n) is 9.20. The first-order valence-corrected chi connectivity index (χ1v) is 5.74. The van der Waals surface area contributed by atoms with Crippen LogP contribution in [0, 0.1) is 0 Å². The SMILES string of the molecule is FC(F)(F)C(c1nc2cc(Cl)c(Cl)cc2[nH]1)C(F)(F)F. The Morgan fingerprint density at radius 3 is 1.95 bits per heavy atom. The molecule has 1 N–H and O–H groups in total. The quantitative estimate of drug-likeness (QED) is 0.723. The highest BCUT2D eigenvalue weighted by Gasteiger charge is 2.59. The van der Waals surface area contributed by atoms with Crippen molar-refractivity contribution in [3.8, 4) is 0 Å². The molecule has 0 saturated heterocycles. The van der Waals surface area contributed by atoms with Gasteiger partial charge in [0.1, 0.15) is 5.82 Å². The molecular formula is C10H4Cl2F6N2. The third-order valence-corrected chi connectivity index (χ3v) is 3.19. The molecule has 110 valence electrons. The lowest BCUT2D eigenvalue weighted by Gasteiger charge is -2.20. The van der Waals surface area contributed by atoms with Crippen molar-refractivity contribution in [2.24, 2.45) is 0 Å². The fourth-order valence-electron chi connectivity index (χ4n) is 1.66. The molecule has 0 saturated carbocycles. The second kappa shape index (κ2) is 4.70. The lowest BCUT2D eigenvalue weighted by molar-refractivity contribution is -0.255. The summed E-state index contributed by atoms with van der Waals surface area (Å²) in [7, 11) is 0. The lowest BCUT2D eigenvalue weighted by Crippen LogP contribution is -2.34. The first kappa shape index (κ1) is 15.2. The normalized spacial score (nSPS) is 13.4.